The number of hydrogen-bond donors (Lipinski definition) is 0. The Balaban J connectivity index is 2.63. The molecule has 1 aromatic carbocycles. The molecule has 20 heavy (non-hydrogen) atoms. The average molecular weight is 274 g/mol. The Bertz CT molecular complexity index is 700. The molecule has 0 amide bonds. The van der Waals surface area contributed by atoms with E-state index in [9.17, 15) is 14.9 Å². The summed E-state index contributed by atoms with van der Waals surface area (Å²) in [5.74, 6) is -0.694. The monoisotopic (exact) mass is 274 g/mol. The van der Waals surface area contributed by atoms with E-state index in [1.807, 2.05) is 35.9 Å². The summed E-state index contributed by atoms with van der Waals surface area (Å²) in [5, 5.41) is 11.5. The summed E-state index contributed by atoms with van der Waals surface area (Å²) in [6, 6.07) is 7.39. The highest BCUT2D eigenvalue weighted by atomic mass is 16.6. The Morgan fingerprint density at radius 2 is 2.15 bits per heavy atom. The lowest BCUT2D eigenvalue weighted by molar-refractivity contribution is -0.401. The molecule has 0 bridgehead atoms. The smallest absolute Gasteiger partial charge is 0.345 e. The van der Waals surface area contributed by atoms with Crippen molar-refractivity contribution in [1.29, 1.82) is 0 Å². The van der Waals surface area contributed by atoms with Gasteiger partial charge in [-0.2, -0.15) is 0 Å². The average Bonchev–Trinajstić information content (AvgIpc) is 2.74. The van der Waals surface area contributed by atoms with E-state index >= 15 is 0 Å². The number of benzene rings is 1. The molecular weight excluding hydrogens is 260 g/mol. The third-order valence-corrected chi connectivity index (χ3v) is 2.92. The first kappa shape index (κ1) is 13.8. The van der Waals surface area contributed by atoms with Gasteiger partial charge in [-0.25, -0.2) is 4.79 Å². The molecule has 1 aromatic heterocycles. The number of nitro groups is 1. The van der Waals surface area contributed by atoms with E-state index in [0.29, 0.717) is 11.8 Å². The molecule has 2 rings (SSSR count). The minimum absolute atomic E-state index is 0.0475. The van der Waals surface area contributed by atoms with E-state index in [4.69, 9.17) is 4.74 Å². The normalized spacial score (nSPS) is 11.6. The Morgan fingerprint density at radius 1 is 1.45 bits per heavy atom. The minimum Gasteiger partial charge on any atom is -0.462 e. The lowest BCUT2D eigenvalue weighted by Crippen LogP contribution is -2.08. The number of ether oxygens (including phenoxy) is 1. The van der Waals surface area contributed by atoms with Gasteiger partial charge >= 0.3 is 5.97 Å². The van der Waals surface area contributed by atoms with Crippen LogP contribution in [0.3, 0.4) is 0 Å². The molecule has 0 unspecified atom stereocenters. The van der Waals surface area contributed by atoms with Crippen LogP contribution >= 0.6 is 0 Å². The summed E-state index contributed by atoms with van der Waals surface area (Å²) < 4.78 is 6.71. The van der Waals surface area contributed by atoms with Crippen molar-refractivity contribution in [2.24, 2.45) is 7.05 Å². The van der Waals surface area contributed by atoms with Gasteiger partial charge in [0.2, 0.25) is 6.20 Å². The molecule has 104 valence electrons. The highest BCUT2D eigenvalue weighted by Crippen LogP contribution is 2.27. The van der Waals surface area contributed by atoms with Gasteiger partial charge in [0.1, 0.15) is 5.57 Å². The maximum Gasteiger partial charge on any atom is 0.345 e. The lowest BCUT2D eigenvalue weighted by atomic mass is 10.1. The van der Waals surface area contributed by atoms with E-state index in [-0.39, 0.29) is 12.2 Å². The first-order chi connectivity index (χ1) is 9.54. The van der Waals surface area contributed by atoms with Gasteiger partial charge in [0.15, 0.2) is 0 Å². The maximum absolute atomic E-state index is 11.9. The fourth-order valence-electron chi connectivity index (χ4n) is 2.10. The number of hydrogen-bond acceptors (Lipinski definition) is 4. The van der Waals surface area contributed by atoms with Crippen LogP contribution in [0.1, 0.15) is 12.5 Å². The zero-order valence-corrected chi connectivity index (χ0v) is 11.2. The number of carbonyl (C=O) groups is 1. The predicted molar refractivity (Wildman–Crippen MR) is 74.5 cm³/mol. The SMILES string of the molecule is CCOC(=O)C(=C[N+](=O)[O-])c1cn(C)c2ccccc12. The standard InChI is InChI=1S/C14H14N2O4/c1-3-20-14(17)12(9-16(18)19)11-8-15(2)13-7-5-4-6-10(11)13/h4-9H,3H2,1-2H3. The number of aromatic nitrogens is 1. The molecule has 1 heterocycles. The van der Waals surface area contributed by atoms with Crippen molar-refractivity contribution < 1.29 is 14.5 Å². The molecule has 0 saturated carbocycles. The first-order valence-electron chi connectivity index (χ1n) is 6.11. The summed E-state index contributed by atoms with van der Waals surface area (Å²) in [6.07, 6.45) is 2.39. The molecule has 0 N–H and O–H groups in total. The van der Waals surface area contributed by atoms with Crippen LogP contribution in [0.4, 0.5) is 0 Å². The summed E-state index contributed by atoms with van der Waals surface area (Å²) in [5.41, 5.74) is 1.34. The second kappa shape index (κ2) is 5.56. The molecule has 2 aromatic rings. The second-order valence-electron chi connectivity index (χ2n) is 4.22. The van der Waals surface area contributed by atoms with Crippen LogP contribution in [0.2, 0.25) is 0 Å². The summed E-state index contributed by atoms with van der Waals surface area (Å²) in [6.45, 7) is 1.82. The second-order valence-corrected chi connectivity index (χ2v) is 4.22. The number of fused-ring (bicyclic) bond motifs is 1. The van der Waals surface area contributed by atoms with E-state index in [1.165, 1.54) is 0 Å². The predicted octanol–water partition coefficient (Wildman–Crippen LogP) is 2.36. The molecule has 6 nitrogen and oxygen atoms in total. The number of esters is 1. The van der Waals surface area contributed by atoms with Crippen LogP contribution in [0.5, 0.6) is 0 Å². The van der Waals surface area contributed by atoms with Crippen molar-refractivity contribution in [2.45, 2.75) is 6.92 Å². The molecule has 0 fully saturated rings. The third kappa shape index (κ3) is 2.54. The highest BCUT2D eigenvalue weighted by Gasteiger charge is 2.21. The molecular formula is C14H14N2O4. The number of rotatable bonds is 4. The van der Waals surface area contributed by atoms with Gasteiger partial charge in [-0.15, -0.1) is 0 Å². The zero-order chi connectivity index (χ0) is 14.7. The topological polar surface area (TPSA) is 74.4 Å². The molecule has 0 aliphatic rings. The van der Waals surface area contributed by atoms with Crippen molar-refractivity contribution in [3.05, 3.63) is 52.3 Å². The summed E-state index contributed by atoms with van der Waals surface area (Å²) >= 11 is 0. The molecule has 0 aliphatic heterocycles. The first-order valence-corrected chi connectivity index (χ1v) is 6.11. The quantitative estimate of drug-likeness (QED) is 0.371. The van der Waals surface area contributed by atoms with Gasteiger partial charge in [-0.05, 0) is 13.0 Å². The van der Waals surface area contributed by atoms with Gasteiger partial charge < -0.3 is 9.30 Å². The van der Waals surface area contributed by atoms with Crippen LogP contribution in [0, 0.1) is 10.1 Å². The van der Waals surface area contributed by atoms with Gasteiger partial charge in [-0.3, -0.25) is 10.1 Å². The van der Waals surface area contributed by atoms with Crippen molar-refractivity contribution >= 4 is 22.4 Å². The molecule has 0 atom stereocenters. The fourth-order valence-corrected chi connectivity index (χ4v) is 2.10. The van der Waals surface area contributed by atoms with Gasteiger partial charge in [0.05, 0.1) is 11.5 Å². The van der Waals surface area contributed by atoms with Crippen LogP contribution in [-0.4, -0.2) is 22.1 Å². The van der Waals surface area contributed by atoms with Gasteiger partial charge in [0.25, 0.3) is 0 Å². The number of aryl methyl sites for hydroxylation is 1. The Morgan fingerprint density at radius 3 is 2.80 bits per heavy atom. The summed E-state index contributed by atoms with van der Waals surface area (Å²) in [7, 11) is 1.82. The molecule has 0 spiro atoms. The fraction of sp³-hybridized carbons (Fsp3) is 0.214. The minimum atomic E-state index is -0.694. The van der Waals surface area contributed by atoms with Crippen molar-refractivity contribution in [2.75, 3.05) is 6.61 Å². The lowest BCUT2D eigenvalue weighted by Gasteiger charge is -2.03. The number of para-hydroxylation sites is 1. The Labute approximate surface area is 115 Å². The zero-order valence-electron chi connectivity index (χ0n) is 11.2. The van der Waals surface area contributed by atoms with Crippen molar-refractivity contribution in [1.82, 2.24) is 4.57 Å². The maximum atomic E-state index is 11.9. The molecule has 6 heteroatoms. The van der Waals surface area contributed by atoms with E-state index in [0.717, 1.165) is 10.9 Å². The largest absolute Gasteiger partial charge is 0.462 e. The van der Waals surface area contributed by atoms with Gasteiger partial charge in [-0.1, -0.05) is 18.2 Å². The molecule has 0 saturated heterocycles. The Hall–Kier alpha value is -2.63. The van der Waals surface area contributed by atoms with Crippen LogP contribution in [-0.2, 0) is 16.6 Å². The van der Waals surface area contributed by atoms with Crippen LogP contribution in [0.25, 0.3) is 16.5 Å². The van der Waals surface area contributed by atoms with Crippen LogP contribution < -0.4 is 0 Å². The number of carbonyl (C=O) groups excluding carboxylic acids is 1. The van der Waals surface area contributed by atoms with Crippen molar-refractivity contribution in [3.63, 3.8) is 0 Å². The Kier molecular flexibility index (Phi) is 3.84. The highest BCUT2D eigenvalue weighted by molar-refractivity contribution is 6.19. The third-order valence-electron chi connectivity index (χ3n) is 2.92. The molecule has 0 radical (unpaired) electrons. The number of nitrogens with zero attached hydrogens (tertiary/aromatic N) is 2. The van der Waals surface area contributed by atoms with E-state index in [1.54, 1.807) is 13.1 Å². The van der Waals surface area contributed by atoms with Crippen molar-refractivity contribution in [3.8, 4) is 0 Å². The van der Waals surface area contributed by atoms with E-state index < -0.39 is 10.9 Å². The van der Waals surface area contributed by atoms with E-state index in [2.05, 4.69) is 0 Å². The van der Waals surface area contributed by atoms with Crippen LogP contribution in [0.15, 0.2) is 36.7 Å². The molecule has 0 aliphatic carbocycles. The van der Waals surface area contributed by atoms with Gasteiger partial charge in [0, 0.05) is 29.7 Å². The summed E-state index contributed by atoms with van der Waals surface area (Å²) in [4.78, 5) is 22.0.